The van der Waals surface area contributed by atoms with Gasteiger partial charge in [-0.25, -0.2) is 0 Å². The first-order valence-electron chi connectivity index (χ1n) is 5.11. The van der Waals surface area contributed by atoms with Gasteiger partial charge in [0.25, 0.3) is 0 Å². The molecule has 0 saturated carbocycles. The molecular formula is C10H18N2O2. The van der Waals surface area contributed by atoms with Gasteiger partial charge < -0.3 is 15.4 Å². The molecule has 1 rings (SSSR count). The van der Waals surface area contributed by atoms with E-state index >= 15 is 0 Å². The molecule has 0 bridgehead atoms. The van der Waals surface area contributed by atoms with Crippen molar-refractivity contribution in [2.75, 3.05) is 13.1 Å². The van der Waals surface area contributed by atoms with Gasteiger partial charge in [0.15, 0.2) is 0 Å². The normalized spacial score (nSPS) is 21.8. The Morgan fingerprint density at radius 2 is 2.14 bits per heavy atom. The Morgan fingerprint density at radius 1 is 1.57 bits per heavy atom. The third-order valence-electron chi connectivity index (χ3n) is 2.89. The monoisotopic (exact) mass is 198 g/mol. The van der Waals surface area contributed by atoms with E-state index in [4.69, 9.17) is 5.73 Å². The molecule has 1 saturated heterocycles. The van der Waals surface area contributed by atoms with Crippen LogP contribution in [0.5, 0.6) is 0 Å². The lowest BCUT2D eigenvalue weighted by Crippen LogP contribution is -2.41. The van der Waals surface area contributed by atoms with Gasteiger partial charge >= 0.3 is 0 Å². The fourth-order valence-corrected chi connectivity index (χ4v) is 1.92. The number of carbonyl (C=O) groups excluding carboxylic acids is 2. The second-order valence-corrected chi connectivity index (χ2v) is 4.03. The summed E-state index contributed by atoms with van der Waals surface area (Å²) >= 11 is 0. The van der Waals surface area contributed by atoms with Crippen LogP contribution in [0.3, 0.4) is 0 Å². The zero-order chi connectivity index (χ0) is 10.6. The van der Waals surface area contributed by atoms with Gasteiger partial charge in [0, 0.05) is 18.4 Å². The smallest absolute Gasteiger partial charge is 0.218 e. The highest BCUT2D eigenvalue weighted by molar-refractivity contribution is 5.74. The second-order valence-electron chi connectivity index (χ2n) is 4.03. The Kier molecular flexibility index (Phi) is 4.07. The van der Waals surface area contributed by atoms with Gasteiger partial charge in [-0.3, -0.25) is 4.79 Å². The van der Waals surface area contributed by atoms with Crippen molar-refractivity contribution in [2.45, 2.75) is 32.2 Å². The molecule has 4 heteroatoms. The Hall–Kier alpha value is -0.900. The highest BCUT2D eigenvalue weighted by Crippen LogP contribution is 2.17. The van der Waals surface area contributed by atoms with Crippen molar-refractivity contribution >= 4 is 12.2 Å². The van der Waals surface area contributed by atoms with Crippen molar-refractivity contribution in [3.05, 3.63) is 0 Å². The van der Waals surface area contributed by atoms with Gasteiger partial charge in [-0.2, -0.15) is 0 Å². The summed E-state index contributed by atoms with van der Waals surface area (Å²) in [6.45, 7) is 3.81. The van der Waals surface area contributed by atoms with Crippen LogP contribution >= 0.6 is 0 Å². The van der Waals surface area contributed by atoms with Crippen molar-refractivity contribution in [3.8, 4) is 0 Å². The molecule has 0 aromatic heterocycles. The molecular weight excluding hydrogens is 180 g/mol. The Labute approximate surface area is 84.4 Å². The summed E-state index contributed by atoms with van der Waals surface area (Å²) in [4.78, 5) is 23.5. The summed E-state index contributed by atoms with van der Waals surface area (Å²) in [5.41, 5.74) is 5.13. The van der Waals surface area contributed by atoms with Crippen molar-refractivity contribution in [2.24, 2.45) is 11.7 Å². The Bertz CT molecular complexity index is 210. The van der Waals surface area contributed by atoms with Crippen LogP contribution in [0.1, 0.15) is 26.2 Å². The molecule has 1 heterocycles. The predicted molar refractivity (Wildman–Crippen MR) is 53.6 cm³/mol. The number of aldehydes is 1. The van der Waals surface area contributed by atoms with E-state index in [1.165, 1.54) is 0 Å². The topological polar surface area (TPSA) is 63.4 Å². The molecule has 0 aliphatic carbocycles. The molecule has 0 radical (unpaired) electrons. The predicted octanol–water partition coefficient (Wildman–Crippen LogP) is 0.161. The van der Waals surface area contributed by atoms with Crippen LogP contribution in [-0.4, -0.2) is 36.2 Å². The number of nitrogens with two attached hydrogens (primary N) is 1. The largest absolute Gasteiger partial charge is 0.370 e. The van der Waals surface area contributed by atoms with Gasteiger partial charge in [0.2, 0.25) is 5.91 Å². The van der Waals surface area contributed by atoms with Crippen LogP contribution in [0.2, 0.25) is 0 Å². The molecule has 0 aromatic rings. The maximum atomic E-state index is 10.7. The molecule has 4 nitrogen and oxygen atoms in total. The summed E-state index contributed by atoms with van der Waals surface area (Å²) < 4.78 is 0. The van der Waals surface area contributed by atoms with Gasteiger partial charge in [-0.1, -0.05) is 0 Å². The summed E-state index contributed by atoms with van der Waals surface area (Å²) in [6.07, 6.45) is 3.26. The fourth-order valence-electron chi connectivity index (χ4n) is 1.92. The minimum atomic E-state index is -0.255. The number of rotatable bonds is 4. The third-order valence-corrected chi connectivity index (χ3v) is 2.89. The second kappa shape index (κ2) is 5.10. The van der Waals surface area contributed by atoms with Crippen LogP contribution in [0.4, 0.5) is 0 Å². The third kappa shape index (κ3) is 3.10. The van der Waals surface area contributed by atoms with Crippen molar-refractivity contribution in [1.82, 2.24) is 4.90 Å². The van der Waals surface area contributed by atoms with E-state index in [2.05, 4.69) is 4.90 Å². The molecule has 1 aliphatic heterocycles. The molecule has 14 heavy (non-hydrogen) atoms. The van der Waals surface area contributed by atoms with Crippen molar-refractivity contribution in [1.29, 1.82) is 0 Å². The van der Waals surface area contributed by atoms with Crippen molar-refractivity contribution < 1.29 is 9.59 Å². The summed E-state index contributed by atoms with van der Waals surface area (Å²) in [7, 11) is 0. The number of piperidine rings is 1. The highest BCUT2D eigenvalue weighted by atomic mass is 16.1. The molecule has 2 N–H and O–H groups in total. The number of hydrogen-bond acceptors (Lipinski definition) is 3. The van der Waals surface area contributed by atoms with E-state index in [-0.39, 0.29) is 17.9 Å². The average molecular weight is 198 g/mol. The van der Waals surface area contributed by atoms with Crippen LogP contribution < -0.4 is 5.73 Å². The molecule has 1 atom stereocenters. The quantitative estimate of drug-likeness (QED) is 0.654. The average Bonchev–Trinajstić information content (AvgIpc) is 2.17. The van der Waals surface area contributed by atoms with Crippen LogP contribution in [-0.2, 0) is 9.59 Å². The molecule has 1 unspecified atom stereocenters. The number of amides is 1. The van der Waals surface area contributed by atoms with Gasteiger partial charge in [-0.05, 0) is 32.9 Å². The van der Waals surface area contributed by atoms with E-state index in [0.29, 0.717) is 6.42 Å². The maximum Gasteiger partial charge on any atom is 0.218 e. The first-order chi connectivity index (χ1) is 6.63. The minimum Gasteiger partial charge on any atom is -0.370 e. The van der Waals surface area contributed by atoms with Crippen LogP contribution in [0.25, 0.3) is 0 Å². The Balaban J connectivity index is 2.33. The molecule has 0 spiro atoms. The summed E-state index contributed by atoms with van der Waals surface area (Å²) in [6, 6.07) is 0.208. The number of primary amides is 1. The molecule has 1 amide bonds. The van der Waals surface area contributed by atoms with E-state index < -0.39 is 0 Å². The van der Waals surface area contributed by atoms with Gasteiger partial charge in [0.05, 0.1) is 0 Å². The number of likely N-dealkylation sites (tertiary alicyclic amines) is 1. The van der Waals surface area contributed by atoms with E-state index in [1.807, 2.05) is 6.92 Å². The zero-order valence-electron chi connectivity index (χ0n) is 8.61. The minimum absolute atomic E-state index is 0.208. The summed E-state index contributed by atoms with van der Waals surface area (Å²) in [5.74, 6) is -0.0398. The van der Waals surface area contributed by atoms with Crippen molar-refractivity contribution in [3.63, 3.8) is 0 Å². The molecule has 1 fully saturated rings. The van der Waals surface area contributed by atoms with Crippen LogP contribution in [0.15, 0.2) is 0 Å². The lowest BCUT2D eigenvalue weighted by atomic mass is 9.97. The van der Waals surface area contributed by atoms with E-state index in [0.717, 1.165) is 32.2 Å². The lowest BCUT2D eigenvalue weighted by molar-refractivity contribution is -0.119. The number of carbonyl (C=O) groups is 2. The first-order valence-corrected chi connectivity index (χ1v) is 5.11. The molecule has 1 aliphatic rings. The van der Waals surface area contributed by atoms with Crippen LogP contribution in [0, 0.1) is 5.92 Å². The summed E-state index contributed by atoms with van der Waals surface area (Å²) in [5, 5.41) is 0. The zero-order valence-corrected chi connectivity index (χ0v) is 8.61. The molecule has 0 aromatic carbocycles. The maximum absolute atomic E-state index is 10.7. The van der Waals surface area contributed by atoms with Gasteiger partial charge in [0.1, 0.15) is 6.29 Å². The highest BCUT2D eigenvalue weighted by Gasteiger charge is 2.22. The number of hydrogen-bond donors (Lipinski definition) is 1. The number of nitrogens with zero attached hydrogens (tertiary/aromatic N) is 1. The Morgan fingerprint density at radius 3 is 2.57 bits per heavy atom. The van der Waals surface area contributed by atoms with Gasteiger partial charge in [-0.15, -0.1) is 0 Å². The lowest BCUT2D eigenvalue weighted by Gasteiger charge is -2.33. The standard InChI is InChI=1S/C10H18N2O2/c1-8(6-10(11)14)12-4-2-9(7-13)3-5-12/h7-9H,2-6H2,1H3,(H2,11,14). The first kappa shape index (κ1) is 11.2. The van der Waals surface area contributed by atoms with E-state index in [1.54, 1.807) is 0 Å². The molecule has 80 valence electrons. The fraction of sp³-hybridized carbons (Fsp3) is 0.800. The SMILES string of the molecule is CC(CC(N)=O)N1CCC(C=O)CC1. The van der Waals surface area contributed by atoms with E-state index in [9.17, 15) is 9.59 Å².